The third kappa shape index (κ3) is 5.76. The molecule has 0 bridgehead atoms. The highest BCUT2D eigenvalue weighted by Crippen LogP contribution is 2.18. The molecule has 0 aliphatic heterocycles. The van der Waals surface area contributed by atoms with Gasteiger partial charge < -0.3 is 5.32 Å². The molecule has 0 saturated carbocycles. The molecule has 2 aromatic rings. The number of nitrogens with one attached hydrogen (secondary N) is 1. The fraction of sp³-hybridized carbons (Fsp3) is 0.350. The number of hydrogen-bond acceptors (Lipinski definition) is 2. The van der Waals surface area contributed by atoms with E-state index in [9.17, 15) is 4.79 Å². The highest BCUT2D eigenvalue weighted by Gasteiger charge is 2.12. The molecule has 0 aliphatic carbocycles. The van der Waals surface area contributed by atoms with Gasteiger partial charge >= 0.3 is 0 Å². The number of carbonyl (C=O) groups is 1. The molecule has 2 nitrogen and oxygen atoms in total. The number of carbonyl (C=O) groups excluding carboxylic acids is 1. The lowest BCUT2D eigenvalue weighted by atomic mass is 10.0. The highest BCUT2D eigenvalue weighted by molar-refractivity contribution is 7.99. The molecule has 0 unspecified atom stereocenters. The van der Waals surface area contributed by atoms with Crippen LogP contribution in [0.1, 0.15) is 41.6 Å². The first-order chi connectivity index (χ1) is 11.1. The van der Waals surface area contributed by atoms with Crippen LogP contribution in [0.15, 0.2) is 48.5 Å². The molecule has 0 saturated heterocycles. The Labute approximate surface area is 143 Å². The fourth-order valence-corrected chi connectivity index (χ4v) is 3.20. The van der Waals surface area contributed by atoms with E-state index >= 15 is 0 Å². The predicted molar refractivity (Wildman–Crippen MR) is 99.7 cm³/mol. The molecule has 23 heavy (non-hydrogen) atoms. The van der Waals surface area contributed by atoms with Crippen LogP contribution in [0, 0.1) is 13.8 Å². The van der Waals surface area contributed by atoms with Crippen LogP contribution in [0.4, 0.5) is 0 Å². The largest absolute Gasteiger partial charge is 0.349 e. The number of benzene rings is 2. The molecular weight excluding hydrogens is 302 g/mol. The van der Waals surface area contributed by atoms with Crippen molar-refractivity contribution < 1.29 is 4.79 Å². The Morgan fingerprint density at radius 3 is 2.13 bits per heavy atom. The fourth-order valence-electron chi connectivity index (χ4n) is 2.40. The molecule has 0 heterocycles. The number of amides is 1. The van der Waals surface area contributed by atoms with E-state index in [-0.39, 0.29) is 11.9 Å². The quantitative estimate of drug-likeness (QED) is 0.791. The van der Waals surface area contributed by atoms with E-state index in [0.717, 1.165) is 12.2 Å². The van der Waals surface area contributed by atoms with Gasteiger partial charge in [-0.1, -0.05) is 66.6 Å². The van der Waals surface area contributed by atoms with Crippen LogP contribution in [-0.4, -0.2) is 11.7 Å². The Balaban J connectivity index is 1.80. The van der Waals surface area contributed by atoms with E-state index in [2.05, 4.69) is 74.6 Å². The summed E-state index contributed by atoms with van der Waals surface area (Å²) in [5.74, 6) is 1.47. The highest BCUT2D eigenvalue weighted by atomic mass is 32.2. The van der Waals surface area contributed by atoms with Crippen LogP contribution in [0.25, 0.3) is 0 Å². The van der Waals surface area contributed by atoms with E-state index in [1.807, 2.05) is 0 Å². The van der Waals surface area contributed by atoms with Crippen molar-refractivity contribution in [1.29, 1.82) is 0 Å². The summed E-state index contributed by atoms with van der Waals surface area (Å²) in [6.07, 6.45) is 0.900. The average Bonchev–Trinajstić information content (AvgIpc) is 2.55. The number of aryl methyl sites for hydroxylation is 2. The van der Waals surface area contributed by atoms with Gasteiger partial charge in [0.2, 0.25) is 5.91 Å². The van der Waals surface area contributed by atoms with Crippen LogP contribution >= 0.6 is 11.8 Å². The van der Waals surface area contributed by atoms with Gasteiger partial charge in [-0.3, -0.25) is 4.79 Å². The van der Waals surface area contributed by atoms with Crippen LogP contribution in [0.3, 0.4) is 0 Å². The summed E-state index contributed by atoms with van der Waals surface area (Å²) in [7, 11) is 0. The summed E-state index contributed by atoms with van der Waals surface area (Å²) in [6, 6.07) is 17.0. The zero-order valence-corrected chi connectivity index (χ0v) is 15.0. The van der Waals surface area contributed by atoms with Crippen LogP contribution in [0.5, 0.6) is 0 Å². The Hall–Kier alpha value is -1.74. The number of thioether (sulfide) groups is 1. The Kier molecular flexibility index (Phi) is 6.72. The summed E-state index contributed by atoms with van der Waals surface area (Å²) in [6.45, 7) is 6.26. The second-order valence-corrected chi connectivity index (χ2v) is 6.90. The molecule has 0 radical (unpaired) electrons. The van der Waals surface area contributed by atoms with Gasteiger partial charge in [-0.15, -0.1) is 11.8 Å². The minimum Gasteiger partial charge on any atom is -0.349 e. The van der Waals surface area contributed by atoms with Gasteiger partial charge in [0.1, 0.15) is 0 Å². The van der Waals surface area contributed by atoms with Crippen molar-refractivity contribution in [1.82, 2.24) is 5.32 Å². The first kappa shape index (κ1) is 17.6. The molecule has 2 aromatic carbocycles. The first-order valence-corrected chi connectivity index (χ1v) is 9.23. The van der Waals surface area contributed by atoms with Gasteiger partial charge in [0.05, 0.1) is 11.8 Å². The maximum atomic E-state index is 12.2. The summed E-state index contributed by atoms with van der Waals surface area (Å²) < 4.78 is 0. The van der Waals surface area contributed by atoms with E-state index in [4.69, 9.17) is 0 Å². The summed E-state index contributed by atoms with van der Waals surface area (Å²) in [5.41, 5.74) is 4.94. The van der Waals surface area contributed by atoms with Crippen LogP contribution in [0.2, 0.25) is 0 Å². The summed E-state index contributed by atoms with van der Waals surface area (Å²) >= 11 is 1.66. The second kappa shape index (κ2) is 8.78. The summed E-state index contributed by atoms with van der Waals surface area (Å²) in [4.78, 5) is 12.2. The molecular formula is C20H25NOS. The third-order valence-electron chi connectivity index (χ3n) is 3.85. The third-order valence-corrected chi connectivity index (χ3v) is 4.85. The predicted octanol–water partition coefficient (Wildman–Crippen LogP) is 4.80. The molecule has 0 spiro atoms. The average molecular weight is 327 g/mol. The van der Waals surface area contributed by atoms with Gasteiger partial charge in [0.25, 0.3) is 0 Å². The van der Waals surface area contributed by atoms with Gasteiger partial charge in [0.15, 0.2) is 0 Å². The minimum absolute atomic E-state index is 0.100. The monoisotopic (exact) mass is 327 g/mol. The lowest BCUT2D eigenvalue weighted by Gasteiger charge is -2.17. The molecule has 1 atom stereocenters. The van der Waals surface area contributed by atoms with Crippen LogP contribution in [-0.2, 0) is 10.5 Å². The Morgan fingerprint density at radius 2 is 1.57 bits per heavy atom. The zero-order chi connectivity index (χ0) is 16.7. The number of rotatable bonds is 7. The second-order valence-electron chi connectivity index (χ2n) is 5.92. The smallest absolute Gasteiger partial charge is 0.230 e. The molecule has 1 amide bonds. The minimum atomic E-state index is 0.100. The maximum Gasteiger partial charge on any atom is 0.230 e. The molecule has 3 heteroatoms. The van der Waals surface area contributed by atoms with E-state index in [1.165, 1.54) is 22.3 Å². The van der Waals surface area contributed by atoms with Gasteiger partial charge in [-0.05, 0) is 31.4 Å². The van der Waals surface area contributed by atoms with Crippen molar-refractivity contribution >= 4 is 17.7 Å². The Bertz CT molecular complexity index is 619. The lowest BCUT2D eigenvalue weighted by Crippen LogP contribution is -2.29. The van der Waals surface area contributed by atoms with Crippen molar-refractivity contribution in [3.8, 4) is 0 Å². The van der Waals surface area contributed by atoms with Crippen molar-refractivity contribution in [2.24, 2.45) is 0 Å². The summed E-state index contributed by atoms with van der Waals surface area (Å²) in [5, 5.41) is 3.14. The lowest BCUT2D eigenvalue weighted by molar-refractivity contribution is -0.119. The Morgan fingerprint density at radius 1 is 1.00 bits per heavy atom. The van der Waals surface area contributed by atoms with Crippen molar-refractivity contribution in [2.75, 3.05) is 5.75 Å². The molecule has 122 valence electrons. The van der Waals surface area contributed by atoms with Gasteiger partial charge in [-0.25, -0.2) is 0 Å². The topological polar surface area (TPSA) is 29.1 Å². The van der Waals surface area contributed by atoms with Gasteiger partial charge in [0, 0.05) is 5.75 Å². The molecule has 0 fully saturated rings. The normalized spacial score (nSPS) is 12.0. The van der Waals surface area contributed by atoms with Crippen molar-refractivity contribution in [2.45, 2.75) is 39.0 Å². The van der Waals surface area contributed by atoms with Crippen molar-refractivity contribution in [3.05, 3.63) is 70.8 Å². The maximum absolute atomic E-state index is 12.2. The van der Waals surface area contributed by atoms with E-state index < -0.39 is 0 Å². The first-order valence-electron chi connectivity index (χ1n) is 8.07. The van der Waals surface area contributed by atoms with Gasteiger partial charge in [-0.2, -0.15) is 0 Å². The molecule has 0 aromatic heterocycles. The van der Waals surface area contributed by atoms with Crippen molar-refractivity contribution in [3.63, 3.8) is 0 Å². The molecule has 1 N–H and O–H groups in total. The molecule has 2 rings (SSSR count). The van der Waals surface area contributed by atoms with E-state index in [1.54, 1.807) is 11.8 Å². The number of hydrogen-bond donors (Lipinski definition) is 1. The SMILES string of the molecule is CC[C@H](NC(=O)CSCc1ccc(C)cc1)c1ccc(C)cc1. The molecule has 0 aliphatic rings. The standard InChI is InChI=1S/C20H25NOS/c1-4-19(18-11-7-16(3)8-12-18)21-20(22)14-23-13-17-9-5-15(2)6-10-17/h5-12,19H,4,13-14H2,1-3H3,(H,21,22)/t19-/m0/s1. The zero-order valence-electron chi connectivity index (χ0n) is 14.1. The van der Waals surface area contributed by atoms with Crippen LogP contribution < -0.4 is 5.32 Å². The van der Waals surface area contributed by atoms with E-state index in [0.29, 0.717) is 5.75 Å².